The van der Waals surface area contributed by atoms with Gasteiger partial charge in [-0.3, -0.25) is 0 Å². The summed E-state index contributed by atoms with van der Waals surface area (Å²) in [5.74, 6) is 0. The van der Waals surface area contributed by atoms with Crippen LogP contribution in [0, 0.1) is 0 Å². The second-order valence-corrected chi connectivity index (χ2v) is 9.93. The molecule has 0 heterocycles. The standard InChI is InChI=1S/C14H19Br4NO2S/c1-2-3-4-5-6-7-8-19-22(20,21)11-9-10(15)12(16)14(18)13(11)17/h9,19H,2-8H2,1H3. The molecule has 22 heavy (non-hydrogen) atoms. The van der Waals surface area contributed by atoms with E-state index in [9.17, 15) is 8.42 Å². The summed E-state index contributed by atoms with van der Waals surface area (Å²) in [5, 5.41) is 0. The van der Waals surface area contributed by atoms with Gasteiger partial charge in [0.2, 0.25) is 10.0 Å². The Labute approximate surface area is 166 Å². The number of rotatable bonds is 9. The molecule has 1 rings (SSSR count). The molecular weight excluding hydrogens is 566 g/mol. The minimum Gasteiger partial charge on any atom is -0.211 e. The highest BCUT2D eigenvalue weighted by Crippen LogP contribution is 2.40. The monoisotopic (exact) mass is 581 g/mol. The van der Waals surface area contributed by atoms with Gasteiger partial charge in [0.1, 0.15) is 0 Å². The van der Waals surface area contributed by atoms with Crippen molar-refractivity contribution in [3.63, 3.8) is 0 Å². The number of hydrogen-bond donors (Lipinski definition) is 1. The van der Waals surface area contributed by atoms with Crippen molar-refractivity contribution in [2.75, 3.05) is 6.54 Å². The molecule has 0 aliphatic heterocycles. The maximum absolute atomic E-state index is 12.4. The molecule has 126 valence electrons. The lowest BCUT2D eigenvalue weighted by atomic mass is 10.1. The van der Waals surface area contributed by atoms with Gasteiger partial charge in [0, 0.05) is 20.0 Å². The summed E-state index contributed by atoms with van der Waals surface area (Å²) in [5.41, 5.74) is 0. The number of halogens is 4. The van der Waals surface area contributed by atoms with Crippen LogP contribution in [0.1, 0.15) is 45.4 Å². The third-order valence-electron chi connectivity index (χ3n) is 3.18. The van der Waals surface area contributed by atoms with Gasteiger partial charge >= 0.3 is 0 Å². The van der Waals surface area contributed by atoms with Crippen LogP contribution in [0.2, 0.25) is 0 Å². The highest BCUT2D eigenvalue weighted by atomic mass is 79.9. The predicted molar refractivity (Wildman–Crippen MR) is 106 cm³/mol. The van der Waals surface area contributed by atoms with Crippen LogP contribution < -0.4 is 4.72 Å². The molecule has 0 radical (unpaired) electrons. The van der Waals surface area contributed by atoms with Crippen molar-refractivity contribution >= 4 is 73.7 Å². The van der Waals surface area contributed by atoms with E-state index in [1.807, 2.05) is 0 Å². The van der Waals surface area contributed by atoms with E-state index in [0.717, 1.165) is 23.7 Å². The van der Waals surface area contributed by atoms with E-state index in [4.69, 9.17) is 0 Å². The molecular formula is C14H19Br4NO2S. The van der Waals surface area contributed by atoms with Crippen LogP contribution in [0.4, 0.5) is 0 Å². The highest BCUT2D eigenvalue weighted by molar-refractivity contribution is 9.15. The third-order valence-corrected chi connectivity index (χ3v) is 9.59. The molecule has 0 atom stereocenters. The molecule has 0 fully saturated rings. The van der Waals surface area contributed by atoms with E-state index in [1.165, 1.54) is 19.3 Å². The summed E-state index contributed by atoms with van der Waals surface area (Å²) in [6, 6.07) is 1.59. The van der Waals surface area contributed by atoms with Crippen molar-refractivity contribution in [3.05, 3.63) is 24.0 Å². The van der Waals surface area contributed by atoms with Gasteiger partial charge in [-0.2, -0.15) is 0 Å². The SMILES string of the molecule is CCCCCCCCNS(=O)(=O)c1cc(Br)c(Br)c(Br)c1Br. The lowest BCUT2D eigenvalue weighted by molar-refractivity contribution is 0.567. The Hall–Kier alpha value is 1.05. The molecule has 0 bridgehead atoms. The van der Waals surface area contributed by atoms with E-state index in [1.54, 1.807) is 6.07 Å². The molecule has 0 aliphatic rings. The number of benzene rings is 1. The fourth-order valence-electron chi connectivity index (χ4n) is 1.94. The summed E-state index contributed by atoms with van der Waals surface area (Å²) in [6.07, 6.45) is 6.76. The van der Waals surface area contributed by atoms with Gasteiger partial charge in [-0.15, -0.1) is 0 Å². The Kier molecular flexibility index (Phi) is 9.72. The largest absolute Gasteiger partial charge is 0.241 e. The molecule has 0 saturated carbocycles. The van der Waals surface area contributed by atoms with E-state index in [0.29, 0.717) is 20.0 Å². The van der Waals surface area contributed by atoms with E-state index >= 15 is 0 Å². The molecule has 1 N–H and O–H groups in total. The second kappa shape index (κ2) is 10.1. The van der Waals surface area contributed by atoms with Crippen molar-refractivity contribution in [2.24, 2.45) is 0 Å². The highest BCUT2D eigenvalue weighted by Gasteiger charge is 2.22. The average molecular weight is 585 g/mol. The fourth-order valence-corrected chi connectivity index (χ4v) is 6.05. The van der Waals surface area contributed by atoms with Crippen LogP contribution in [-0.4, -0.2) is 15.0 Å². The first-order chi connectivity index (χ1) is 10.3. The van der Waals surface area contributed by atoms with Crippen LogP contribution in [0.15, 0.2) is 28.9 Å². The summed E-state index contributed by atoms with van der Waals surface area (Å²) >= 11 is 13.4. The van der Waals surface area contributed by atoms with Gasteiger partial charge in [-0.25, -0.2) is 13.1 Å². The smallest absolute Gasteiger partial charge is 0.211 e. The third kappa shape index (κ3) is 6.16. The van der Waals surface area contributed by atoms with Crippen LogP contribution in [0.25, 0.3) is 0 Å². The maximum Gasteiger partial charge on any atom is 0.241 e. The zero-order chi connectivity index (χ0) is 16.8. The van der Waals surface area contributed by atoms with Gasteiger partial charge in [0.25, 0.3) is 0 Å². The molecule has 1 aromatic carbocycles. The van der Waals surface area contributed by atoms with E-state index < -0.39 is 10.0 Å². The van der Waals surface area contributed by atoms with E-state index in [-0.39, 0.29) is 4.90 Å². The fraction of sp³-hybridized carbons (Fsp3) is 0.571. The maximum atomic E-state index is 12.4. The van der Waals surface area contributed by atoms with Gasteiger partial charge < -0.3 is 0 Å². The molecule has 0 unspecified atom stereocenters. The molecule has 1 aromatic rings. The number of sulfonamides is 1. The van der Waals surface area contributed by atoms with Crippen molar-refractivity contribution in [1.82, 2.24) is 4.72 Å². The zero-order valence-electron chi connectivity index (χ0n) is 12.3. The molecule has 0 amide bonds. The Balaban J connectivity index is 2.64. The first-order valence-corrected chi connectivity index (χ1v) is 11.8. The predicted octanol–water partition coefficient (Wildman–Crippen LogP) is 6.38. The van der Waals surface area contributed by atoms with Gasteiger partial charge in [-0.1, -0.05) is 39.0 Å². The topological polar surface area (TPSA) is 46.2 Å². The normalized spacial score (nSPS) is 11.9. The van der Waals surface area contributed by atoms with Crippen LogP contribution in [-0.2, 0) is 10.0 Å². The molecule has 3 nitrogen and oxygen atoms in total. The zero-order valence-corrected chi connectivity index (χ0v) is 19.4. The Morgan fingerprint density at radius 2 is 1.50 bits per heavy atom. The van der Waals surface area contributed by atoms with Crippen molar-refractivity contribution in [2.45, 2.75) is 50.3 Å². The number of unbranched alkanes of at least 4 members (excludes halogenated alkanes) is 5. The summed E-state index contributed by atoms with van der Waals surface area (Å²) < 4.78 is 30.1. The minimum absolute atomic E-state index is 0.223. The first kappa shape index (κ1) is 21.1. The number of hydrogen-bond acceptors (Lipinski definition) is 2. The Bertz CT molecular complexity index is 605. The number of nitrogens with one attached hydrogen (secondary N) is 1. The first-order valence-electron chi connectivity index (χ1n) is 7.14. The lowest BCUT2D eigenvalue weighted by Crippen LogP contribution is -2.25. The van der Waals surface area contributed by atoms with Crippen molar-refractivity contribution in [1.29, 1.82) is 0 Å². The molecule has 0 saturated heterocycles. The summed E-state index contributed by atoms with van der Waals surface area (Å²) in [6.45, 7) is 2.65. The molecule has 0 aromatic heterocycles. The molecule has 0 spiro atoms. The lowest BCUT2D eigenvalue weighted by Gasteiger charge is -2.12. The molecule has 8 heteroatoms. The van der Waals surface area contributed by atoms with Crippen LogP contribution in [0.5, 0.6) is 0 Å². The van der Waals surface area contributed by atoms with Gasteiger partial charge in [-0.05, 0) is 76.2 Å². The van der Waals surface area contributed by atoms with Crippen molar-refractivity contribution in [3.8, 4) is 0 Å². The summed E-state index contributed by atoms with van der Waals surface area (Å²) in [4.78, 5) is 0.223. The molecule has 0 aliphatic carbocycles. The Morgan fingerprint density at radius 3 is 2.14 bits per heavy atom. The summed E-state index contributed by atoms with van der Waals surface area (Å²) in [7, 11) is -3.53. The minimum atomic E-state index is -3.53. The van der Waals surface area contributed by atoms with Crippen LogP contribution in [0.3, 0.4) is 0 Å². The van der Waals surface area contributed by atoms with E-state index in [2.05, 4.69) is 75.4 Å². The quantitative estimate of drug-likeness (QED) is 0.208. The average Bonchev–Trinajstić information content (AvgIpc) is 2.47. The Morgan fingerprint density at radius 1 is 0.909 bits per heavy atom. The second-order valence-electron chi connectivity index (χ2n) is 4.96. The van der Waals surface area contributed by atoms with Crippen molar-refractivity contribution < 1.29 is 8.42 Å². The van der Waals surface area contributed by atoms with Gasteiger partial charge in [0.05, 0.1) is 9.37 Å². The van der Waals surface area contributed by atoms with Crippen LogP contribution >= 0.6 is 63.7 Å². The van der Waals surface area contributed by atoms with Gasteiger partial charge in [0.15, 0.2) is 0 Å².